The maximum atomic E-state index is 8.68. The molecule has 2 aromatic rings. The van der Waals surface area contributed by atoms with Crippen LogP contribution in [-0.4, -0.2) is 42.8 Å². The number of aliphatic hydroxyl groups is 1. The van der Waals surface area contributed by atoms with Gasteiger partial charge in [-0.05, 0) is 12.8 Å². The topological polar surface area (TPSA) is 115 Å². The fourth-order valence-corrected chi connectivity index (χ4v) is 1.39. The number of aromatic nitrogens is 5. The summed E-state index contributed by atoms with van der Waals surface area (Å²) in [6.45, 7) is 0.856. The van der Waals surface area contributed by atoms with Crippen LogP contribution < -0.4 is 11.1 Å². The van der Waals surface area contributed by atoms with Gasteiger partial charge in [-0.3, -0.25) is 4.57 Å². The molecule has 0 aromatic carbocycles. The average molecular weight is 249 g/mol. The summed E-state index contributed by atoms with van der Waals surface area (Å²) in [6.07, 6.45) is 6.52. The smallest absolute Gasteiger partial charge is 0.241 e. The molecule has 0 saturated heterocycles. The van der Waals surface area contributed by atoms with Gasteiger partial charge in [-0.2, -0.15) is 15.0 Å². The minimum absolute atomic E-state index is 0.151. The van der Waals surface area contributed by atoms with Crippen molar-refractivity contribution in [1.82, 2.24) is 24.5 Å². The van der Waals surface area contributed by atoms with Crippen LogP contribution in [0, 0.1) is 0 Å². The number of aliphatic hydroxyl groups excluding tert-OH is 1. The lowest BCUT2D eigenvalue weighted by Crippen LogP contribution is -2.11. The lowest BCUT2D eigenvalue weighted by molar-refractivity contribution is 0.286. The third-order valence-corrected chi connectivity index (χ3v) is 2.24. The molecule has 0 amide bonds. The molecule has 2 rings (SSSR count). The number of nitrogens with two attached hydrogens (primary N) is 1. The zero-order valence-electron chi connectivity index (χ0n) is 9.82. The molecule has 2 heterocycles. The summed E-state index contributed by atoms with van der Waals surface area (Å²) in [6, 6.07) is 0. The molecule has 96 valence electrons. The van der Waals surface area contributed by atoms with Gasteiger partial charge in [0.25, 0.3) is 0 Å². The third-order valence-electron chi connectivity index (χ3n) is 2.24. The van der Waals surface area contributed by atoms with Gasteiger partial charge in [0, 0.05) is 25.5 Å². The Balaban J connectivity index is 2.07. The maximum absolute atomic E-state index is 8.68. The first-order chi connectivity index (χ1) is 8.79. The molecule has 18 heavy (non-hydrogen) atoms. The molecule has 0 aliphatic carbocycles. The van der Waals surface area contributed by atoms with Crippen molar-refractivity contribution >= 4 is 11.9 Å². The molecule has 0 saturated carbocycles. The Kier molecular flexibility index (Phi) is 4.02. The van der Waals surface area contributed by atoms with Crippen LogP contribution in [-0.2, 0) is 0 Å². The SMILES string of the molecule is Nc1nc(NCCCCO)nc(-n2ccnc2)n1. The van der Waals surface area contributed by atoms with Gasteiger partial charge in [-0.15, -0.1) is 0 Å². The van der Waals surface area contributed by atoms with Gasteiger partial charge in [0.2, 0.25) is 17.8 Å². The van der Waals surface area contributed by atoms with Crippen LogP contribution in [0.5, 0.6) is 0 Å². The summed E-state index contributed by atoms with van der Waals surface area (Å²) in [5, 5.41) is 11.7. The quantitative estimate of drug-likeness (QED) is 0.608. The lowest BCUT2D eigenvalue weighted by Gasteiger charge is -2.06. The number of imidazole rings is 1. The Morgan fingerprint density at radius 2 is 2.17 bits per heavy atom. The first kappa shape index (κ1) is 12.2. The van der Waals surface area contributed by atoms with Crippen molar-refractivity contribution in [2.75, 3.05) is 24.2 Å². The molecule has 0 aliphatic heterocycles. The van der Waals surface area contributed by atoms with Crippen LogP contribution in [0.1, 0.15) is 12.8 Å². The standard InChI is InChI=1S/C10H15N7O/c11-8-14-9(13-3-1-2-6-18)16-10(15-8)17-5-4-12-7-17/h4-5,7,18H,1-3,6H2,(H3,11,13,14,15,16). The van der Waals surface area contributed by atoms with E-state index in [-0.39, 0.29) is 12.6 Å². The van der Waals surface area contributed by atoms with Crippen molar-refractivity contribution in [3.05, 3.63) is 18.7 Å². The van der Waals surface area contributed by atoms with Crippen molar-refractivity contribution in [3.63, 3.8) is 0 Å². The van der Waals surface area contributed by atoms with E-state index < -0.39 is 0 Å². The highest BCUT2D eigenvalue weighted by atomic mass is 16.2. The maximum Gasteiger partial charge on any atom is 0.241 e. The lowest BCUT2D eigenvalue weighted by atomic mass is 10.3. The minimum Gasteiger partial charge on any atom is -0.396 e. The van der Waals surface area contributed by atoms with E-state index in [9.17, 15) is 0 Å². The fraction of sp³-hybridized carbons (Fsp3) is 0.400. The van der Waals surface area contributed by atoms with Crippen LogP contribution in [0.2, 0.25) is 0 Å². The van der Waals surface area contributed by atoms with E-state index in [1.54, 1.807) is 23.3 Å². The summed E-state index contributed by atoms with van der Waals surface area (Å²) < 4.78 is 1.65. The number of hydrogen-bond donors (Lipinski definition) is 3. The van der Waals surface area contributed by atoms with Crippen molar-refractivity contribution < 1.29 is 5.11 Å². The van der Waals surface area contributed by atoms with Crippen LogP contribution in [0.4, 0.5) is 11.9 Å². The highest BCUT2D eigenvalue weighted by Gasteiger charge is 2.05. The number of nitrogen functional groups attached to an aromatic ring is 1. The molecule has 8 heteroatoms. The number of nitrogens with one attached hydrogen (secondary N) is 1. The van der Waals surface area contributed by atoms with Gasteiger partial charge in [-0.1, -0.05) is 0 Å². The molecule has 0 aliphatic rings. The summed E-state index contributed by atoms with van der Waals surface area (Å²) in [5.41, 5.74) is 5.62. The Labute approximate surface area is 104 Å². The largest absolute Gasteiger partial charge is 0.396 e. The van der Waals surface area contributed by atoms with E-state index in [0.717, 1.165) is 12.8 Å². The Morgan fingerprint density at radius 1 is 1.28 bits per heavy atom. The minimum atomic E-state index is 0.151. The van der Waals surface area contributed by atoms with Crippen molar-refractivity contribution in [3.8, 4) is 5.95 Å². The molecule has 0 atom stereocenters. The highest BCUT2D eigenvalue weighted by molar-refractivity contribution is 5.34. The van der Waals surface area contributed by atoms with Crippen molar-refractivity contribution in [2.24, 2.45) is 0 Å². The molecule has 0 radical (unpaired) electrons. The Morgan fingerprint density at radius 3 is 2.89 bits per heavy atom. The Hall–Kier alpha value is -2.22. The number of nitrogens with zero attached hydrogens (tertiary/aromatic N) is 5. The molecular formula is C10H15N7O. The number of unbranched alkanes of at least 4 members (excludes halogenated alkanes) is 1. The zero-order valence-corrected chi connectivity index (χ0v) is 9.82. The first-order valence-electron chi connectivity index (χ1n) is 5.64. The van der Waals surface area contributed by atoms with Gasteiger partial charge >= 0.3 is 0 Å². The normalized spacial score (nSPS) is 10.5. The van der Waals surface area contributed by atoms with E-state index in [2.05, 4.69) is 25.3 Å². The highest BCUT2D eigenvalue weighted by Crippen LogP contribution is 2.06. The number of anilines is 2. The van der Waals surface area contributed by atoms with Crippen molar-refractivity contribution in [2.45, 2.75) is 12.8 Å². The van der Waals surface area contributed by atoms with Crippen LogP contribution in [0.25, 0.3) is 5.95 Å². The van der Waals surface area contributed by atoms with Crippen LogP contribution in [0.15, 0.2) is 18.7 Å². The molecule has 0 bridgehead atoms. The summed E-state index contributed by atoms with van der Waals surface area (Å²) >= 11 is 0. The van der Waals surface area contributed by atoms with Gasteiger partial charge in [0.1, 0.15) is 6.33 Å². The molecule has 0 unspecified atom stereocenters. The first-order valence-corrected chi connectivity index (χ1v) is 5.64. The van der Waals surface area contributed by atoms with Crippen LogP contribution in [0.3, 0.4) is 0 Å². The molecule has 4 N–H and O–H groups in total. The predicted molar refractivity (Wildman–Crippen MR) is 66.2 cm³/mol. The molecule has 0 fully saturated rings. The predicted octanol–water partition coefficient (Wildman–Crippen LogP) is -0.176. The van der Waals surface area contributed by atoms with Gasteiger partial charge < -0.3 is 16.2 Å². The van der Waals surface area contributed by atoms with Crippen molar-refractivity contribution in [1.29, 1.82) is 0 Å². The second-order valence-corrected chi connectivity index (χ2v) is 3.64. The van der Waals surface area contributed by atoms with E-state index in [4.69, 9.17) is 10.8 Å². The van der Waals surface area contributed by atoms with E-state index in [1.807, 2.05) is 0 Å². The van der Waals surface area contributed by atoms with Gasteiger partial charge in [0.05, 0.1) is 0 Å². The summed E-state index contributed by atoms with van der Waals surface area (Å²) in [5.74, 6) is 0.993. The Bertz CT molecular complexity index is 485. The molecule has 2 aromatic heterocycles. The molecular weight excluding hydrogens is 234 g/mol. The van der Waals surface area contributed by atoms with E-state index in [1.165, 1.54) is 0 Å². The average Bonchev–Trinajstić information content (AvgIpc) is 2.88. The fourth-order valence-electron chi connectivity index (χ4n) is 1.39. The molecule has 8 nitrogen and oxygen atoms in total. The third kappa shape index (κ3) is 3.14. The summed E-state index contributed by atoms with van der Waals surface area (Å²) in [4.78, 5) is 16.1. The second-order valence-electron chi connectivity index (χ2n) is 3.64. The molecule has 0 spiro atoms. The zero-order chi connectivity index (χ0) is 12.8. The number of rotatable bonds is 6. The number of hydrogen-bond acceptors (Lipinski definition) is 7. The van der Waals surface area contributed by atoms with E-state index in [0.29, 0.717) is 18.4 Å². The van der Waals surface area contributed by atoms with Gasteiger partial charge in [0.15, 0.2) is 0 Å². The van der Waals surface area contributed by atoms with E-state index >= 15 is 0 Å². The monoisotopic (exact) mass is 249 g/mol. The second kappa shape index (κ2) is 5.92. The summed E-state index contributed by atoms with van der Waals surface area (Å²) in [7, 11) is 0. The van der Waals surface area contributed by atoms with Crippen LogP contribution >= 0.6 is 0 Å². The van der Waals surface area contributed by atoms with Gasteiger partial charge in [-0.25, -0.2) is 4.98 Å².